The fourth-order valence-electron chi connectivity index (χ4n) is 3.07. The van der Waals surface area contributed by atoms with E-state index >= 15 is 0 Å². The summed E-state index contributed by atoms with van der Waals surface area (Å²) in [7, 11) is 0. The molecular weight excluding hydrogens is 512 g/mol. The maximum atomic E-state index is 13.4. The highest BCUT2D eigenvalue weighted by molar-refractivity contribution is 14.0. The summed E-state index contributed by atoms with van der Waals surface area (Å²) in [6, 6.07) is 14.2. The topological polar surface area (TPSA) is 83.6 Å². The van der Waals surface area contributed by atoms with Crippen LogP contribution >= 0.6 is 24.0 Å². The zero-order valence-corrected chi connectivity index (χ0v) is 19.3. The van der Waals surface area contributed by atoms with Crippen LogP contribution in [0.2, 0.25) is 0 Å². The molecule has 0 radical (unpaired) electrons. The summed E-state index contributed by atoms with van der Waals surface area (Å²) in [5.74, 6) is 1.83. The Bertz CT molecular complexity index is 997. The Hall–Kier alpha value is -2.82. The molecule has 7 nitrogen and oxygen atoms in total. The molecule has 0 saturated carbocycles. The summed E-state index contributed by atoms with van der Waals surface area (Å²) in [4.78, 5) is 4.62. The van der Waals surface area contributed by atoms with Gasteiger partial charge in [-0.2, -0.15) is 5.10 Å². The molecule has 3 N–H and O–H groups in total. The Kier molecular flexibility index (Phi) is 8.51. The Balaban J connectivity index is 0.00000272. The first kappa shape index (κ1) is 22.9. The second kappa shape index (κ2) is 11.5. The van der Waals surface area contributed by atoms with Gasteiger partial charge in [0, 0.05) is 30.9 Å². The van der Waals surface area contributed by atoms with E-state index in [0.29, 0.717) is 44.4 Å². The van der Waals surface area contributed by atoms with Crippen molar-refractivity contribution >= 4 is 35.6 Å². The standard InChI is InChI=1S/C22H24FN5O2.HI/c23-17-4-1-3-16(13-17)7-9-24-22(25-15-19-8-10-26-28-19)27-18-5-6-20-21(14-18)30-12-2-11-29-20;/h1,3-6,8,10,13-14H,2,7,9,11-12,15H2,(H,26,28)(H2,24,25,27);1H. The zero-order valence-electron chi connectivity index (χ0n) is 16.9. The van der Waals surface area contributed by atoms with Crippen molar-refractivity contribution in [3.05, 3.63) is 71.8 Å². The molecule has 0 spiro atoms. The molecule has 1 aliphatic rings. The van der Waals surface area contributed by atoms with E-state index in [0.717, 1.165) is 29.1 Å². The molecule has 31 heavy (non-hydrogen) atoms. The Morgan fingerprint density at radius 3 is 2.77 bits per heavy atom. The van der Waals surface area contributed by atoms with Crippen molar-refractivity contribution < 1.29 is 13.9 Å². The molecule has 2 heterocycles. The molecule has 0 fully saturated rings. The summed E-state index contributed by atoms with van der Waals surface area (Å²) in [5.41, 5.74) is 2.66. The van der Waals surface area contributed by atoms with Crippen molar-refractivity contribution in [2.75, 3.05) is 25.1 Å². The van der Waals surface area contributed by atoms with Gasteiger partial charge in [-0.3, -0.25) is 5.10 Å². The summed E-state index contributed by atoms with van der Waals surface area (Å²) >= 11 is 0. The summed E-state index contributed by atoms with van der Waals surface area (Å²) in [5, 5.41) is 13.5. The zero-order chi connectivity index (χ0) is 20.6. The number of aromatic nitrogens is 2. The van der Waals surface area contributed by atoms with Gasteiger partial charge in [0.2, 0.25) is 0 Å². The van der Waals surface area contributed by atoms with Crippen LogP contribution in [0.1, 0.15) is 17.7 Å². The van der Waals surface area contributed by atoms with Crippen molar-refractivity contribution in [3.8, 4) is 11.5 Å². The number of anilines is 1. The van der Waals surface area contributed by atoms with Gasteiger partial charge in [-0.1, -0.05) is 12.1 Å². The number of aromatic amines is 1. The monoisotopic (exact) mass is 537 g/mol. The van der Waals surface area contributed by atoms with E-state index in [1.54, 1.807) is 18.3 Å². The van der Waals surface area contributed by atoms with Crippen molar-refractivity contribution in [1.29, 1.82) is 0 Å². The van der Waals surface area contributed by atoms with Crippen molar-refractivity contribution in [3.63, 3.8) is 0 Å². The van der Waals surface area contributed by atoms with Crippen LogP contribution in [0.4, 0.5) is 10.1 Å². The number of benzene rings is 2. The number of ether oxygens (including phenoxy) is 2. The number of rotatable bonds is 6. The first-order chi connectivity index (χ1) is 14.8. The largest absolute Gasteiger partial charge is 0.490 e. The van der Waals surface area contributed by atoms with Gasteiger partial charge < -0.3 is 20.1 Å². The van der Waals surface area contributed by atoms with E-state index in [1.807, 2.05) is 30.3 Å². The van der Waals surface area contributed by atoms with Crippen molar-refractivity contribution in [2.45, 2.75) is 19.4 Å². The van der Waals surface area contributed by atoms with Gasteiger partial charge in [-0.05, 0) is 42.3 Å². The normalized spacial score (nSPS) is 13.1. The molecule has 1 aromatic heterocycles. The average molecular weight is 537 g/mol. The van der Waals surface area contributed by atoms with E-state index in [4.69, 9.17) is 9.47 Å². The summed E-state index contributed by atoms with van der Waals surface area (Å²) < 4.78 is 24.9. The minimum absolute atomic E-state index is 0. The van der Waals surface area contributed by atoms with Gasteiger partial charge >= 0.3 is 0 Å². The smallest absolute Gasteiger partial charge is 0.196 e. The third-order valence-electron chi connectivity index (χ3n) is 4.57. The summed E-state index contributed by atoms with van der Waals surface area (Å²) in [6.07, 6.45) is 3.22. The van der Waals surface area contributed by atoms with Gasteiger partial charge in [0.05, 0.1) is 25.5 Å². The van der Waals surface area contributed by atoms with Gasteiger partial charge in [-0.25, -0.2) is 9.38 Å². The Morgan fingerprint density at radius 1 is 1.10 bits per heavy atom. The molecule has 164 valence electrons. The molecule has 4 rings (SSSR count). The number of guanidine groups is 1. The third kappa shape index (κ3) is 6.84. The van der Waals surface area contributed by atoms with E-state index in [-0.39, 0.29) is 29.8 Å². The van der Waals surface area contributed by atoms with Gasteiger partial charge in [0.25, 0.3) is 0 Å². The lowest BCUT2D eigenvalue weighted by molar-refractivity contribution is 0.297. The van der Waals surface area contributed by atoms with Crippen LogP contribution in [-0.2, 0) is 13.0 Å². The van der Waals surface area contributed by atoms with E-state index < -0.39 is 0 Å². The van der Waals surface area contributed by atoms with Crippen molar-refractivity contribution in [1.82, 2.24) is 15.5 Å². The van der Waals surface area contributed by atoms with Crippen LogP contribution in [0, 0.1) is 5.82 Å². The quantitative estimate of drug-likeness (QED) is 0.250. The highest BCUT2D eigenvalue weighted by Gasteiger charge is 2.11. The number of fused-ring (bicyclic) bond motifs is 1. The average Bonchev–Trinajstić information content (AvgIpc) is 3.16. The molecule has 9 heteroatoms. The molecule has 2 aromatic carbocycles. The van der Waals surface area contributed by atoms with E-state index in [9.17, 15) is 4.39 Å². The Labute approximate surface area is 197 Å². The maximum absolute atomic E-state index is 13.4. The van der Waals surface area contributed by atoms with E-state index in [2.05, 4.69) is 25.8 Å². The Morgan fingerprint density at radius 2 is 1.97 bits per heavy atom. The minimum atomic E-state index is -0.231. The lowest BCUT2D eigenvalue weighted by Gasteiger charge is -2.14. The lowest BCUT2D eigenvalue weighted by atomic mass is 10.1. The van der Waals surface area contributed by atoms with Crippen LogP contribution < -0.4 is 20.1 Å². The molecule has 0 bridgehead atoms. The van der Waals surface area contributed by atoms with Gasteiger partial charge in [0.15, 0.2) is 17.5 Å². The fraction of sp³-hybridized carbons (Fsp3) is 0.273. The first-order valence-corrected chi connectivity index (χ1v) is 9.94. The predicted molar refractivity (Wildman–Crippen MR) is 129 cm³/mol. The number of nitrogens with zero attached hydrogens (tertiary/aromatic N) is 2. The number of halogens is 2. The number of nitrogens with one attached hydrogen (secondary N) is 3. The maximum Gasteiger partial charge on any atom is 0.196 e. The fourth-order valence-corrected chi connectivity index (χ4v) is 3.07. The van der Waals surface area contributed by atoms with Crippen LogP contribution in [0.25, 0.3) is 0 Å². The molecule has 0 aliphatic carbocycles. The molecule has 0 atom stereocenters. The van der Waals surface area contributed by atoms with Crippen LogP contribution in [-0.4, -0.2) is 35.9 Å². The highest BCUT2D eigenvalue weighted by atomic mass is 127. The number of H-pyrrole nitrogens is 1. The molecule has 0 unspecified atom stereocenters. The van der Waals surface area contributed by atoms with Crippen LogP contribution in [0.15, 0.2) is 59.7 Å². The predicted octanol–water partition coefficient (Wildman–Crippen LogP) is 4.13. The van der Waals surface area contributed by atoms with Gasteiger partial charge in [0.1, 0.15) is 5.82 Å². The molecule has 1 aliphatic heterocycles. The molecule has 0 amide bonds. The SMILES string of the molecule is Fc1cccc(CCNC(=NCc2ccn[nH]2)Nc2ccc3c(c2)OCCCO3)c1.I. The van der Waals surface area contributed by atoms with Crippen molar-refractivity contribution in [2.24, 2.45) is 4.99 Å². The minimum Gasteiger partial charge on any atom is -0.490 e. The first-order valence-electron chi connectivity index (χ1n) is 9.94. The third-order valence-corrected chi connectivity index (χ3v) is 4.57. The molecule has 0 saturated heterocycles. The molecule has 3 aromatic rings. The van der Waals surface area contributed by atoms with Gasteiger partial charge in [-0.15, -0.1) is 24.0 Å². The second-order valence-corrected chi connectivity index (χ2v) is 6.89. The van der Waals surface area contributed by atoms with E-state index in [1.165, 1.54) is 6.07 Å². The van der Waals surface area contributed by atoms with Crippen LogP contribution in [0.5, 0.6) is 11.5 Å². The number of aliphatic imine (C=N–C) groups is 1. The summed E-state index contributed by atoms with van der Waals surface area (Å²) in [6.45, 7) is 2.32. The highest BCUT2D eigenvalue weighted by Crippen LogP contribution is 2.32. The number of hydrogen-bond donors (Lipinski definition) is 3. The second-order valence-electron chi connectivity index (χ2n) is 6.89. The number of hydrogen-bond acceptors (Lipinski definition) is 4. The van der Waals surface area contributed by atoms with Crippen LogP contribution in [0.3, 0.4) is 0 Å². The lowest BCUT2D eigenvalue weighted by Crippen LogP contribution is -2.32. The molecular formula is C22H25FIN5O2.